The number of carbonyl (C=O) groups excluding carboxylic acids is 2. The molecular formula is C23H31FN4O4S. The van der Waals surface area contributed by atoms with E-state index in [0.717, 1.165) is 32.1 Å². The predicted molar refractivity (Wildman–Crippen MR) is 121 cm³/mol. The molecule has 3 N–H and O–H groups in total. The average molecular weight is 479 g/mol. The first-order valence-corrected chi connectivity index (χ1v) is 13.2. The van der Waals surface area contributed by atoms with Gasteiger partial charge >= 0.3 is 10.2 Å². The summed E-state index contributed by atoms with van der Waals surface area (Å²) in [6.45, 7) is 0.253. The summed E-state index contributed by atoms with van der Waals surface area (Å²) in [6.07, 6.45) is 5.88. The van der Waals surface area contributed by atoms with Gasteiger partial charge in [0, 0.05) is 25.6 Å². The molecule has 2 amide bonds. The molecule has 4 aliphatic carbocycles. The molecule has 8 nitrogen and oxygen atoms in total. The summed E-state index contributed by atoms with van der Waals surface area (Å²) in [5.74, 6) is 0.130. The van der Waals surface area contributed by atoms with Crippen LogP contribution >= 0.6 is 0 Å². The van der Waals surface area contributed by atoms with E-state index in [2.05, 4.69) is 5.32 Å². The number of hydrogen-bond donors (Lipinski definition) is 2. The van der Waals surface area contributed by atoms with Crippen LogP contribution in [0.4, 0.5) is 10.1 Å². The Hall–Kier alpha value is -2.20. The highest BCUT2D eigenvalue weighted by Gasteiger charge is 2.56. The maximum absolute atomic E-state index is 13.7. The minimum absolute atomic E-state index is 0.0156. The molecular weight excluding hydrogens is 447 g/mol. The van der Waals surface area contributed by atoms with E-state index in [1.807, 2.05) is 0 Å². The number of halogens is 1. The third kappa shape index (κ3) is 4.23. The van der Waals surface area contributed by atoms with Crippen molar-refractivity contribution in [2.24, 2.45) is 28.9 Å². The Kier molecular flexibility index (Phi) is 5.63. The standard InChI is InChI=1S/C23H31FN4O4S/c24-18-3-1-4-19(9-18)28-6-2-5-27(33(28,31)32)14-21(30)26-22-16-7-15-8-17(22)12-23(10-15,11-16)13-20(25)29/h1,3-4,9,15-17,22H,2,5-8,10-14H2,(H2,25,29)(H,26,30). The molecule has 0 radical (unpaired) electrons. The lowest BCUT2D eigenvalue weighted by atomic mass is 9.47. The lowest BCUT2D eigenvalue weighted by Gasteiger charge is -2.60. The summed E-state index contributed by atoms with van der Waals surface area (Å²) >= 11 is 0. The third-order valence-electron chi connectivity index (χ3n) is 8.07. The zero-order valence-corrected chi connectivity index (χ0v) is 19.4. The summed E-state index contributed by atoms with van der Waals surface area (Å²) in [4.78, 5) is 24.6. The first kappa shape index (κ1) is 22.6. The number of amides is 2. The van der Waals surface area contributed by atoms with Gasteiger partial charge in [0.1, 0.15) is 5.82 Å². The molecule has 5 aliphatic rings. The van der Waals surface area contributed by atoms with Gasteiger partial charge in [-0.05, 0) is 79.9 Å². The maximum Gasteiger partial charge on any atom is 0.304 e. The second-order valence-electron chi connectivity index (χ2n) is 10.5. The van der Waals surface area contributed by atoms with Crippen molar-refractivity contribution in [1.82, 2.24) is 9.62 Å². The molecule has 10 heteroatoms. The minimum atomic E-state index is -3.93. The average Bonchev–Trinajstić information content (AvgIpc) is 2.70. The largest absolute Gasteiger partial charge is 0.370 e. The van der Waals surface area contributed by atoms with Crippen molar-refractivity contribution in [3.8, 4) is 0 Å². The fourth-order valence-corrected chi connectivity index (χ4v) is 8.88. The molecule has 2 unspecified atom stereocenters. The summed E-state index contributed by atoms with van der Waals surface area (Å²) in [5, 5.41) is 3.14. The van der Waals surface area contributed by atoms with Gasteiger partial charge in [0.05, 0.1) is 12.2 Å². The SMILES string of the molecule is NC(=O)CC12CC3CC(C1)C(NC(=O)CN1CCCN(c4cccc(F)c4)S1(=O)=O)C(C3)C2. The molecule has 1 heterocycles. The van der Waals surface area contributed by atoms with Gasteiger partial charge in [-0.15, -0.1) is 0 Å². The molecule has 4 bridgehead atoms. The van der Waals surface area contributed by atoms with Crippen LogP contribution < -0.4 is 15.4 Å². The number of anilines is 1. The van der Waals surface area contributed by atoms with Gasteiger partial charge in [-0.1, -0.05) is 6.07 Å². The van der Waals surface area contributed by atoms with Crippen molar-refractivity contribution >= 4 is 27.7 Å². The molecule has 2 atom stereocenters. The van der Waals surface area contributed by atoms with E-state index in [-0.39, 0.29) is 48.6 Å². The van der Waals surface area contributed by atoms with Crippen LogP contribution in [0.25, 0.3) is 0 Å². The van der Waals surface area contributed by atoms with Crippen molar-refractivity contribution in [2.75, 3.05) is 23.9 Å². The smallest absolute Gasteiger partial charge is 0.304 e. The molecule has 180 valence electrons. The van der Waals surface area contributed by atoms with Crippen LogP contribution in [0.3, 0.4) is 0 Å². The third-order valence-corrected chi connectivity index (χ3v) is 9.98. The van der Waals surface area contributed by atoms with Gasteiger partial charge < -0.3 is 11.1 Å². The lowest BCUT2D eigenvalue weighted by Crippen LogP contribution is -2.61. The summed E-state index contributed by atoms with van der Waals surface area (Å²) in [5.41, 5.74) is 5.77. The highest BCUT2D eigenvalue weighted by Crippen LogP contribution is 2.61. The zero-order chi connectivity index (χ0) is 23.4. The van der Waals surface area contributed by atoms with Crippen LogP contribution in [-0.4, -0.2) is 50.2 Å². The van der Waals surface area contributed by atoms with Crippen molar-refractivity contribution in [1.29, 1.82) is 0 Å². The van der Waals surface area contributed by atoms with E-state index in [1.54, 1.807) is 6.07 Å². The normalized spacial score (nSPS) is 34.9. The molecule has 6 rings (SSSR count). The number of benzene rings is 1. The van der Waals surface area contributed by atoms with E-state index in [1.165, 1.54) is 26.8 Å². The number of carbonyl (C=O) groups is 2. The van der Waals surface area contributed by atoms with Crippen LogP contribution in [0, 0.1) is 29.0 Å². The monoisotopic (exact) mass is 478 g/mol. The van der Waals surface area contributed by atoms with Gasteiger partial charge in [0.2, 0.25) is 11.8 Å². The molecule has 0 spiro atoms. The minimum Gasteiger partial charge on any atom is -0.370 e. The number of nitrogens with one attached hydrogen (secondary N) is 1. The molecule has 1 aliphatic heterocycles. The van der Waals surface area contributed by atoms with E-state index >= 15 is 0 Å². The van der Waals surface area contributed by atoms with Gasteiger partial charge in [0.25, 0.3) is 0 Å². The Morgan fingerprint density at radius 3 is 2.55 bits per heavy atom. The Labute approximate surface area is 193 Å². The van der Waals surface area contributed by atoms with Crippen LogP contribution in [0.2, 0.25) is 0 Å². The Balaban J connectivity index is 1.26. The van der Waals surface area contributed by atoms with Crippen molar-refractivity contribution in [3.63, 3.8) is 0 Å². The van der Waals surface area contributed by atoms with E-state index < -0.39 is 16.0 Å². The van der Waals surface area contributed by atoms with Crippen LogP contribution in [0.15, 0.2) is 24.3 Å². The van der Waals surface area contributed by atoms with Gasteiger partial charge in [-0.3, -0.25) is 13.9 Å². The fourth-order valence-electron chi connectivity index (χ4n) is 7.22. The highest BCUT2D eigenvalue weighted by molar-refractivity contribution is 7.90. The summed E-state index contributed by atoms with van der Waals surface area (Å²) < 4.78 is 42.3. The number of rotatable bonds is 6. The molecule has 1 aromatic carbocycles. The van der Waals surface area contributed by atoms with Gasteiger partial charge in [-0.25, -0.2) is 4.39 Å². The van der Waals surface area contributed by atoms with Crippen LogP contribution in [-0.2, 0) is 19.8 Å². The Morgan fingerprint density at radius 2 is 1.88 bits per heavy atom. The quantitative estimate of drug-likeness (QED) is 0.649. The van der Waals surface area contributed by atoms with Crippen molar-refractivity contribution in [2.45, 2.75) is 51.0 Å². The van der Waals surface area contributed by atoms with Crippen molar-refractivity contribution < 1.29 is 22.4 Å². The second-order valence-corrected chi connectivity index (χ2v) is 12.3. The van der Waals surface area contributed by atoms with Crippen LogP contribution in [0.1, 0.15) is 44.9 Å². The van der Waals surface area contributed by atoms with Crippen LogP contribution in [0.5, 0.6) is 0 Å². The summed E-state index contributed by atoms with van der Waals surface area (Å²) in [7, 11) is -3.93. The number of hydrogen-bond acceptors (Lipinski definition) is 4. The van der Waals surface area contributed by atoms with Gasteiger partial charge in [0.15, 0.2) is 0 Å². The number of nitrogens with two attached hydrogens (primary N) is 1. The molecule has 1 aromatic rings. The molecule has 0 aromatic heterocycles. The van der Waals surface area contributed by atoms with Crippen molar-refractivity contribution in [3.05, 3.63) is 30.1 Å². The molecule has 33 heavy (non-hydrogen) atoms. The van der Waals surface area contributed by atoms with Gasteiger partial charge in [-0.2, -0.15) is 12.7 Å². The second kappa shape index (κ2) is 8.23. The van der Waals surface area contributed by atoms with E-state index in [9.17, 15) is 22.4 Å². The topological polar surface area (TPSA) is 113 Å². The highest BCUT2D eigenvalue weighted by atomic mass is 32.2. The van der Waals surface area contributed by atoms with E-state index in [0.29, 0.717) is 30.6 Å². The Morgan fingerprint density at radius 1 is 1.15 bits per heavy atom. The Bertz CT molecular complexity index is 1050. The fraction of sp³-hybridized carbons (Fsp3) is 0.652. The maximum atomic E-state index is 13.7. The number of primary amides is 1. The lowest BCUT2D eigenvalue weighted by molar-refractivity contribution is -0.134. The first-order chi connectivity index (χ1) is 15.6. The molecule has 1 saturated heterocycles. The zero-order valence-electron chi connectivity index (χ0n) is 18.6. The first-order valence-electron chi connectivity index (χ1n) is 11.8. The number of nitrogens with zero attached hydrogens (tertiary/aromatic N) is 2. The van der Waals surface area contributed by atoms with E-state index in [4.69, 9.17) is 5.73 Å². The molecule has 4 saturated carbocycles. The summed E-state index contributed by atoms with van der Waals surface area (Å²) in [6, 6.07) is 5.51. The predicted octanol–water partition coefficient (Wildman–Crippen LogP) is 1.77. The molecule has 5 fully saturated rings.